The molecule has 1 aliphatic rings. The molecule has 2 aromatic carbocycles. The third-order valence-electron chi connectivity index (χ3n) is 5.80. The first-order valence-corrected chi connectivity index (χ1v) is 11.8. The van der Waals surface area contributed by atoms with Gasteiger partial charge in [0.05, 0.1) is 12.7 Å². The van der Waals surface area contributed by atoms with Crippen LogP contribution in [0.25, 0.3) is 0 Å². The van der Waals surface area contributed by atoms with Crippen LogP contribution in [0, 0.1) is 0 Å². The summed E-state index contributed by atoms with van der Waals surface area (Å²) in [5.74, 6) is 0.826. The number of ether oxygens (including phenoxy) is 2. The van der Waals surface area contributed by atoms with Gasteiger partial charge in [0.2, 0.25) is 0 Å². The Balaban J connectivity index is 1.65. The first-order valence-electron chi connectivity index (χ1n) is 11.8. The van der Waals surface area contributed by atoms with Gasteiger partial charge in [0.25, 0.3) is 0 Å². The van der Waals surface area contributed by atoms with Gasteiger partial charge < -0.3 is 19.7 Å². The Bertz CT molecular complexity index is 835. The summed E-state index contributed by atoms with van der Waals surface area (Å²) in [6.45, 7) is 11.4. The maximum Gasteiger partial charge on any atom is 0.322 e. The smallest absolute Gasteiger partial charge is 0.322 e. The lowest BCUT2D eigenvalue weighted by Crippen LogP contribution is -2.39. The predicted octanol–water partition coefficient (Wildman–Crippen LogP) is 6.38. The fraction of sp³-hybridized carbons (Fsp3) is 0.519. The van der Waals surface area contributed by atoms with Gasteiger partial charge in [0.1, 0.15) is 5.75 Å². The molecule has 1 aliphatic heterocycles. The third kappa shape index (κ3) is 7.27. The number of carbonyl (C=O) groups is 1. The molecule has 1 N–H and O–H groups in total. The number of nitrogens with zero attached hydrogens (tertiary/aromatic N) is 1. The SMILES string of the molecule is CCCCOc1ccc(NC(=O)N(Cc2ccc(C(C)(C)C)cc2)C[C@@H]2CCCO2)cc1. The van der Waals surface area contributed by atoms with E-state index in [9.17, 15) is 4.79 Å². The minimum atomic E-state index is -0.111. The van der Waals surface area contributed by atoms with Crippen LogP contribution in [0.15, 0.2) is 48.5 Å². The summed E-state index contributed by atoms with van der Waals surface area (Å²) >= 11 is 0. The number of amides is 2. The van der Waals surface area contributed by atoms with Crippen molar-refractivity contribution in [2.75, 3.05) is 25.1 Å². The molecular formula is C27H38N2O3. The first kappa shape index (κ1) is 24.1. The van der Waals surface area contributed by atoms with E-state index in [4.69, 9.17) is 9.47 Å². The van der Waals surface area contributed by atoms with E-state index in [1.54, 1.807) is 0 Å². The second-order valence-electron chi connectivity index (χ2n) is 9.62. The quantitative estimate of drug-likeness (QED) is 0.462. The maximum atomic E-state index is 13.2. The van der Waals surface area contributed by atoms with E-state index in [-0.39, 0.29) is 17.6 Å². The Kier molecular flexibility index (Phi) is 8.57. The molecule has 174 valence electrons. The number of hydrogen-bond acceptors (Lipinski definition) is 3. The number of anilines is 1. The van der Waals surface area contributed by atoms with Gasteiger partial charge in [-0.15, -0.1) is 0 Å². The molecule has 5 nitrogen and oxygen atoms in total. The number of nitrogens with one attached hydrogen (secondary N) is 1. The molecule has 32 heavy (non-hydrogen) atoms. The topological polar surface area (TPSA) is 50.8 Å². The lowest BCUT2D eigenvalue weighted by atomic mass is 9.87. The highest BCUT2D eigenvalue weighted by Crippen LogP contribution is 2.23. The Morgan fingerprint density at radius 1 is 1.12 bits per heavy atom. The number of hydrogen-bond donors (Lipinski definition) is 1. The van der Waals surface area contributed by atoms with Crippen LogP contribution in [0.3, 0.4) is 0 Å². The van der Waals surface area contributed by atoms with Crippen LogP contribution in [-0.2, 0) is 16.7 Å². The van der Waals surface area contributed by atoms with E-state index in [0.29, 0.717) is 19.7 Å². The second kappa shape index (κ2) is 11.4. The molecular weight excluding hydrogens is 400 g/mol. The molecule has 0 bridgehead atoms. The van der Waals surface area contributed by atoms with E-state index >= 15 is 0 Å². The highest BCUT2D eigenvalue weighted by molar-refractivity contribution is 5.89. The molecule has 0 aliphatic carbocycles. The minimum absolute atomic E-state index is 0.101. The molecule has 2 amide bonds. The van der Waals surface area contributed by atoms with Crippen molar-refractivity contribution >= 4 is 11.7 Å². The van der Waals surface area contributed by atoms with Crippen molar-refractivity contribution in [3.63, 3.8) is 0 Å². The van der Waals surface area contributed by atoms with Crippen molar-refractivity contribution in [1.82, 2.24) is 4.90 Å². The number of carbonyl (C=O) groups excluding carboxylic acids is 1. The molecule has 1 saturated heterocycles. The van der Waals surface area contributed by atoms with Crippen LogP contribution < -0.4 is 10.1 Å². The number of unbranched alkanes of at least 4 members (excludes halogenated alkanes) is 1. The zero-order chi connectivity index (χ0) is 23.0. The van der Waals surface area contributed by atoms with E-state index in [1.807, 2.05) is 29.2 Å². The zero-order valence-electron chi connectivity index (χ0n) is 20.0. The Morgan fingerprint density at radius 2 is 1.84 bits per heavy atom. The van der Waals surface area contributed by atoms with Crippen molar-refractivity contribution in [2.45, 2.75) is 71.4 Å². The van der Waals surface area contributed by atoms with Crippen LogP contribution in [-0.4, -0.2) is 36.8 Å². The van der Waals surface area contributed by atoms with Crippen LogP contribution in [0.1, 0.15) is 64.5 Å². The molecule has 0 spiro atoms. The summed E-state index contributed by atoms with van der Waals surface area (Å²) in [5.41, 5.74) is 3.28. The summed E-state index contributed by atoms with van der Waals surface area (Å²) in [7, 11) is 0. The van der Waals surface area contributed by atoms with Crippen molar-refractivity contribution in [1.29, 1.82) is 0 Å². The van der Waals surface area contributed by atoms with Gasteiger partial charge in [-0.1, -0.05) is 58.4 Å². The Morgan fingerprint density at radius 3 is 2.44 bits per heavy atom. The van der Waals surface area contributed by atoms with Crippen LogP contribution in [0.4, 0.5) is 10.5 Å². The van der Waals surface area contributed by atoms with Gasteiger partial charge >= 0.3 is 6.03 Å². The van der Waals surface area contributed by atoms with Gasteiger partial charge in [-0.2, -0.15) is 0 Å². The Labute approximate surface area is 193 Å². The molecule has 5 heteroatoms. The highest BCUT2D eigenvalue weighted by Gasteiger charge is 2.23. The molecule has 0 unspecified atom stereocenters. The molecule has 0 aromatic heterocycles. The van der Waals surface area contributed by atoms with E-state index < -0.39 is 0 Å². The van der Waals surface area contributed by atoms with Crippen molar-refractivity contribution in [2.24, 2.45) is 0 Å². The van der Waals surface area contributed by atoms with Gasteiger partial charge in [0, 0.05) is 25.4 Å². The normalized spacial score (nSPS) is 16.1. The summed E-state index contributed by atoms with van der Waals surface area (Å²) in [6, 6.07) is 16.0. The summed E-state index contributed by atoms with van der Waals surface area (Å²) in [6.07, 6.45) is 4.29. The third-order valence-corrected chi connectivity index (χ3v) is 5.80. The summed E-state index contributed by atoms with van der Waals surface area (Å²) in [5, 5.41) is 3.04. The molecule has 3 rings (SSSR count). The van der Waals surface area contributed by atoms with Crippen molar-refractivity contribution < 1.29 is 14.3 Å². The fourth-order valence-electron chi connectivity index (χ4n) is 3.76. The molecule has 1 atom stereocenters. The second-order valence-corrected chi connectivity index (χ2v) is 9.62. The molecule has 1 fully saturated rings. The van der Waals surface area contributed by atoms with Gasteiger partial charge in [-0.3, -0.25) is 0 Å². The van der Waals surface area contributed by atoms with Crippen molar-refractivity contribution in [3.05, 3.63) is 59.7 Å². The lowest BCUT2D eigenvalue weighted by Gasteiger charge is -2.26. The number of urea groups is 1. The van der Waals surface area contributed by atoms with E-state index in [1.165, 1.54) is 5.56 Å². The number of rotatable bonds is 9. The highest BCUT2D eigenvalue weighted by atomic mass is 16.5. The number of benzene rings is 2. The largest absolute Gasteiger partial charge is 0.494 e. The van der Waals surface area contributed by atoms with Crippen LogP contribution in [0.2, 0.25) is 0 Å². The van der Waals surface area contributed by atoms with Gasteiger partial charge in [-0.05, 0) is 60.1 Å². The maximum absolute atomic E-state index is 13.2. The van der Waals surface area contributed by atoms with Crippen molar-refractivity contribution in [3.8, 4) is 5.75 Å². The monoisotopic (exact) mass is 438 g/mol. The van der Waals surface area contributed by atoms with Gasteiger partial charge in [0.15, 0.2) is 0 Å². The predicted molar refractivity (Wildman–Crippen MR) is 130 cm³/mol. The summed E-state index contributed by atoms with van der Waals surface area (Å²) in [4.78, 5) is 15.0. The van der Waals surface area contributed by atoms with Crippen LogP contribution >= 0.6 is 0 Å². The van der Waals surface area contributed by atoms with Crippen LogP contribution in [0.5, 0.6) is 5.75 Å². The molecule has 0 radical (unpaired) electrons. The summed E-state index contributed by atoms with van der Waals surface area (Å²) < 4.78 is 11.5. The molecule has 2 aromatic rings. The average Bonchev–Trinajstić information content (AvgIpc) is 3.28. The Hall–Kier alpha value is -2.53. The first-order chi connectivity index (χ1) is 15.3. The molecule has 0 saturated carbocycles. The standard InChI is InChI=1S/C27H38N2O3/c1-5-6-17-31-24-15-13-23(14-16-24)28-26(30)29(20-25-8-7-18-32-25)19-21-9-11-22(12-10-21)27(2,3)4/h9-16,25H,5-8,17-20H2,1-4H3,(H,28,30)/t25-/m0/s1. The fourth-order valence-corrected chi connectivity index (χ4v) is 3.76. The lowest BCUT2D eigenvalue weighted by molar-refractivity contribution is 0.0819. The minimum Gasteiger partial charge on any atom is -0.494 e. The van der Waals surface area contributed by atoms with E-state index in [0.717, 1.165) is 49.3 Å². The zero-order valence-corrected chi connectivity index (χ0v) is 20.0. The van der Waals surface area contributed by atoms with Gasteiger partial charge in [-0.25, -0.2) is 4.79 Å². The molecule has 1 heterocycles. The van der Waals surface area contributed by atoms with E-state index in [2.05, 4.69) is 57.3 Å². The average molecular weight is 439 g/mol.